The van der Waals surface area contributed by atoms with Gasteiger partial charge < -0.3 is 10.1 Å². The largest absolute Gasteiger partial charge is 0.380 e. The van der Waals surface area contributed by atoms with Crippen LogP contribution in [0, 0.1) is 13.8 Å². The molecule has 1 fully saturated rings. The van der Waals surface area contributed by atoms with E-state index < -0.39 is 0 Å². The molecule has 2 unspecified atom stereocenters. The molecule has 88 valence electrons. The Morgan fingerprint density at radius 2 is 2.19 bits per heavy atom. The first-order valence-corrected chi connectivity index (χ1v) is 6.08. The summed E-state index contributed by atoms with van der Waals surface area (Å²) in [6.45, 7) is 8.31. The number of nitrogens with one attached hydrogen (secondary N) is 1. The van der Waals surface area contributed by atoms with E-state index in [1.165, 1.54) is 16.7 Å². The maximum absolute atomic E-state index is 5.38. The molecule has 0 saturated carbocycles. The summed E-state index contributed by atoms with van der Waals surface area (Å²) < 4.78 is 5.38. The molecule has 2 nitrogen and oxygen atoms in total. The summed E-state index contributed by atoms with van der Waals surface area (Å²) in [6.07, 6.45) is 1.13. The van der Waals surface area contributed by atoms with E-state index in [1.54, 1.807) is 0 Å². The van der Waals surface area contributed by atoms with Crippen LogP contribution in [0.3, 0.4) is 0 Å². The van der Waals surface area contributed by atoms with Crippen LogP contribution in [0.15, 0.2) is 18.2 Å². The molecule has 1 saturated heterocycles. The molecule has 0 radical (unpaired) electrons. The highest BCUT2D eigenvalue weighted by molar-refractivity contribution is 5.32. The van der Waals surface area contributed by atoms with Crippen LogP contribution in [0.1, 0.15) is 36.1 Å². The van der Waals surface area contributed by atoms with Crippen LogP contribution >= 0.6 is 0 Å². The van der Waals surface area contributed by atoms with Crippen LogP contribution in [-0.2, 0) is 4.74 Å². The quantitative estimate of drug-likeness (QED) is 0.844. The molecule has 2 heteroatoms. The van der Waals surface area contributed by atoms with Crippen LogP contribution in [0.5, 0.6) is 0 Å². The molecule has 0 amide bonds. The van der Waals surface area contributed by atoms with Crippen LogP contribution in [-0.4, -0.2) is 19.3 Å². The fourth-order valence-electron chi connectivity index (χ4n) is 2.42. The van der Waals surface area contributed by atoms with E-state index in [2.05, 4.69) is 44.3 Å². The summed E-state index contributed by atoms with van der Waals surface area (Å²) in [6, 6.07) is 7.60. The maximum Gasteiger partial charge on any atom is 0.0620 e. The monoisotopic (exact) mass is 219 g/mol. The van der Waals surface area contributed by atoms with Crippen molar-refractivity contribution in [2.75, 3.05) is 13.2 Å². The second-order valence-electron chi connectivity index (χ2n) is 4.81. The Labute approximate surface area is 98.0 Å². The van der Waals surface area contributed by atoms with Gasteiger partial charge in [-0.3, -0.25) is 0 Å². The lowest BCUT2D eigenvalue weighted by atomic mass is 9.99. The highest BCUT2D eigenvalue weighted by Crippen LogP contribution is 2.20. The van der Waals surface area contributed by atoms with E-state index in [-0.39, 0.29) is 0 Å². The normalized spacial score (nSPS) is 22.3. The number of rotatable bonds is 3. The van der Waals surface area contributed by atoms with Crippen molar-refractivity contribution in [3.05, 3.63) is 34.9 Å². The van der Waals surface area contributed by atoms with E-state index in [9.17, 15) is 0 Å². The lowest BCUT2D eigenvalue weighted by Gasteiger charge is -2.20. The van der Waals surface area contributed by atoms with Gasteiger partial charge >= 0.3 is 0 Å². The number of hydrogen-bond donors (Lipinski definition) is 1. The Balaban J connectivity index is 2.04. The number of aryl methyl sites for hydroxylation is 2. The molecule has 1 aromatic carbocycles. The van der Waals surface area contributed by atoms with Gasteiger partial charge in [0.05, 0.1) is 6.61 Å². The predicted molar refractivity (Wildman–Crippen MR) is 66.7 cm³/mol. The number of benzene rings is 1. The SMILES string of the molecule is Cc1ccc(C(C)NC2CCOC2)c(C)c1. The fraction of sp³-hybridized carbons (Fsp3) is 0.571. The van der Waals surface area contributed by atoms with Gasteiger partial charge in [0.2, 0.25) is 0 Å². The third kappa shape index (κ3) is 2.63. The lowest BCUT2D eigenvalue weighted by Crippen LogP contribution is -2.32. The van der Waals surface area contributed by atoms with Crippen molar-refractivity contribution in [2.24, 2.45) is 0 Å². The minimum absolute atomic E-state index is 0.410. The smallest absolute Gasteiger partial charge is 0.0620 e. The predicted octanol–water partition coefficient (Wildman–Crippen LogP) is 2.74. The van der Waals surface area contributed by atoms with Crippen molar-refractivity contribution in [1.82, 2.24) is 5.32 Å². The van der Waals surface area contributed by atoms with E-state index in [1.807, 2.05) is 0 Å². The molecule has 1 aromatic rings. The molecule has 1 aliphatic rings. The average Bonchev–Trinajstić information content (AvgIpc) is 2.70. The Morgan fingerprint density at radius 3 is 2.81 bits per heavy atom. The molecular formula is C14H21NO. The molecule has 1 N–H and O–H groups in total. The average molecular weight is 219 g/mol. The first kappa shape index (κ1) is 11.6. The van der Waals surface area contributed by atoms with Gasteiger partial charge in [-0.15, -0.1) is 0 Å². The molecule has 2 atom stereocenters. The van der Waals surface area contributed by atoms with Crippen LogP contribution in [0.2, 0.25) is 0 Å². The summed E-state index contributed by atoms with van der Waals surface area (Å²) >= 11 is 0. The van der Waals surface area contributed by atoms with Gasteiger partial charge in [0, 0.05) is 18.7 Å². The van der Waals surface area contributed by atoms with Crippen molar-refractivity contribution >= 4 is 0 Å². The molecule has 0 aliphatic carbocycles. The van der Waals surface area contributed by atoms with Crippen molar-refractivity contribution in [3.8, 4) is 0 Å². The lowest BCUT2D eigenvalue weighted by molar-refractivity contribution is 0.188. The highest BCUT2D eigenvalue weighted by atomic mass is 16.5. The second kappa shape index (κ2) is 4.98. The van der Waals surface area contributed by atoms with Gasteiger partial charge in [-0.05, 0) is 38.3 Å². The summed E-state index contributed by atoms with van der Waals surface area (Å²) in [5.74, 6) is 0. The Hall–Kier alpha value is -0.860. The summed E-state index contributed by atoms with van der Waals surface area (Å²) in [5.41, 5.74) is 4.11. The van der Waals surface area contributed by atoms with Crippen LogP contribution in [0.25, 0.3) is 0 Å². The van der Waals surface area contributed by atoms with Gasteiger partial charge in [-0.1, -0.05) is 23.8 Å². The molecular weight excluding hydrogens is 198 g/mol. The summed E-state index contributed by atoms with van der Waals surface area (Å²) in [5, 5.41) is 3.63. The minimum Gasteiger partial charge on any atom is -0.380 e. The molecule has 16 heavy (non-hydrogen) atoms. The maximum atomic E-state index is 5.38. The first-order chi connectivity index (χ1) is 7.66. The van der Waals surface area contributed by atoms with Gasteiger partial charge in [0.25, 0.3) is 0 Å². The van der Waals surface area contributed by atoms with Crippen molar-refractivity contribution < 1.29 is 4.74 Å². The van der Waals surface area contributed by atoms with Crippen LogP contribution < -0.4 is 5.32 Å². The first-order valence-electron chi connectivity index (χ1n) is 6.08. The standard InChI is InChI=1S/C14H21NO/c1-10-4-5-14(11(2)8-10)12(3)15-13-6-7-16-9-13/h4-5,8,12-13,15H,6-7,9H2,1-3H3. The summed E-state index contributed by atoms with van der Waals surface area (Å²) in [7, 11) is 0. The highest BCUT2D eigenvalue weighted by Gasteiger charge is 2.18. The summed E-state index contributed by atoms with van der Waals surface area (Å²) in [4.78, 5) is 0. The zero-order valence-electron chi connectivity index (χ0n) is 10.4. The molecule has 1 aliphatic heterocycles. The number of ether oxygens (including phenoxy) is 1. The molecule has 2 rings (SSSR count). The van der Waals surface area contributed by atoms with Gasteiger partial charge in [0.1, 0.15) is 0 Å². The van der Waals surface area contributed by atoms with Gasteiger partial charge in [-0.25, -0.2) is 0 Å². The van der Waals surface area contributed by atoms with Crippen molar-refractivity contribution in [1.29, 1.82) is 0 Å². The van der Waals surface area contributed by atoms with Gasteiger partial charge in [0.15, 0.2) is 0 Å². The molecule has 1 heterocycles. The van der Waals surface area contributed by atoms with Crippen molar-refractivity contribution in [3.63, 3.8) is 0 Å². The Bertz CT molecular complexity index is 356. The molecule has 0 bridgehead atoms. The topological polar surface area (TPSA) is 21.3 Å². The third-order valence-electron chi connectivity index (χ3n) is 3.31. The van der Waals surface area contributed by atoms with E-state index in [0.29, 0.717) is 12.1 Å². The van der Waals surface area contributed by atoms with E-state index >= 15 is 0 Å². The van der Waals surface area contributed by atoms with E-state index in [0.717, 1.165) is 19.6 Å². The molecule has 0 spiro atoms. The Kier molecular flexibility index (Phi) is 3.62. The Morgan fingerprint density at radius 1 is 1.38 bits per heavy atom. The van der Waals surface area contributed by atoms with Crippen molar-refractivity contribution in [2.45, 2.75) is 39.3 Å². The number of hydrogen-bond acceptors (Lipinski definition) is 2. The van der Waals surface area contributed by atoms with Gasteiger partial charge in [-0.2, -0.15) is 0 Å². The minimum atomic E-state index is 0.410. The molecule has 0 aromatic heterocycles. The zero-order chi connectivity index (χ0) is 11.5. The van der Waals surface area contributed by atoms with E-state index in [4.69, 9.17) is 4.74 Å². The second-order valence-corrected chi connectivity index (χ2v) is 4.81. The fourth-order valence-corrected chi connectivity index (χ4v) is 2.42. The zero-order valence-corrected chi connectivity index (χ0v) is 10.4. The van der Waals surface area contributed by atoms with Crippen LogP contribution in [0.4, 0.5) is 0 Å². The third-order valence-corrected chi connectivity index (χ3v) is 3.31.